The van der Waals surface area contributed by atoms with Crippen molar-refractivity contribution in [2.45, 2.75) is 45.3 Å². The van der Waals surface area contributed by atoms with Gasteiger partial charge in [-0.15, -0.1) is 0 Å². The molecule has 1 unspecified atom stereocenters. The first-order valence-corrected chi connectivity index (χ1v) is 8.25. The molecular formula is C17H22ClNO3. The van der Waals surface area contributed by atoms with Gasteiger partial charge in [0.25, 0.3) is 5.91 Å². The summed E-state index contributed by atoms with van der Waals surface area (Å²) in [5.74, 6) is 0.837. The average molecular weight is 324 g/mol. The highest BCUT2D eigenvalue weighted by atomic mass is 35.5. The molecule has 2 aliphatic rings. The molecule has 1 atom stereocenters. The molecule has 1 amide bonds. The van der Waals surface area contributed by atoms with Gasteiger partial charge in [0.2, 0.25) is 0 Å². The number of nitrogens with zero attached hydrogens (tertiary/aromatic N) is 1. The van der Waals surface area contributed by atoms with Gasteiger partial charge in [-0.3, -0.25) is 4.79 Å². The zero-order valence-electron chi connectivity index (χ0n) is 13.1. The molecule has 0 bridgehead atoms. The van der Waals surface area contributed by atoms with Gasteiger partial charge in [-0.1, -0.05) is 11.6 Å². The summed E-state index contributed by atoms with van der Waals surface area (Å²) < 4.78 is 11.3. The molecule has 1 aromatic carbocycles. The third-order valence-corrected chi connectivity index (χ3v) is 5.11. The first kappa shape index (κ1) is 15.6. The predicted molar refractivity (Wildman–Crippen MR) is 85.5 cm³/mol. The molecular weight excluding hydrogens is 302 g/mol. The lowest BCUT2D eigenvalue weighted by atomic mass is 10.1. The molecule has 0 N–H and O–H groups in total. The summed E-state index contributed by atoms with van der Waals surface area (Å²) in [6, 6.07) is 4.11. The third kappa shape index (κ3) is 3.08. The van der Waals surface area contributed by atoms with Crippen molar-refractivity contribution in [3.63, 3.8) is 0 Å². The van der Waals surface area contributed by atoms with Gasteiger partial charge in [-0.2, -0.15) is 0 Å². The average Bonchev–Trinajstić information content (AvgIpc) is 2.87. The van der Waals surface area contributed by atoms with E-state index < -0.39 is 0 Å². The van der Waals surface area contributed by atoms with E-state index in [0.29, 0.717) is 6.04 Å². The first-order valence-electron chi connectivity index (χ1n) is 7.88. The Morgan fingerprint density at radius 1 is 1.18 bits per heavy atom. The molecule has 22 heavy (non-hydrogen) atoms. The maximum atomic E-state index is 12.6. The second-order valence-corrected chi connectivity index (χ2v) is 6.52. The maximum absolute atomic E-state index is 12.6. The standard InChI is InChI=1S/C17H22ClNO3/c1-11-9-14(10-12(2)16(11)18)22-15-3-6-19(17(15)20)13-4-7-21-8-5-13/h9-10,13,15H,3-8H2,1-2H3. The lowest BCUT2D eigenvalue weighted by molar-refractivity contribution is -0.136. The summed E-state index contributed by atoms with van der Waals surface area (Å²) in [5, 5.41) is 0.758. The fraction of sp³-hybridized carbons (Fsp3) is 0.588. The molecule has 2 saturated heterocycles. The summed E-state index contributed by atoms with van der Waals surface area (Å²) in [6.07, 6.45) is 2.23. The van der Waals surface area contributed by atoms with Crippen LogP contribution in [0.1, 0.15) is 30.4 Å². The number of carbonyl (C=O) groups excluding carboxylic acids is 1. The molecule has 0 aliphatic carbocycles. The number of benzene rings is 1. The SMILES string of the molecule is Cc1cc(OC2CCN(C3CCOCC3)C2=O)cc(C)c1Cl. The van der Waals surface area contributed by atoms with Crippen LogP contribution in [0, 0.1) is 13.8 Å². The predicted octanol–water partition coefficient (Wildman–Crippen LogP) is 3.12. The van der Waals surface area contributed by atoms with Gasteiger partial charge in [0, 0.05) is 37.2 Å². The van der Waals surface area contributed by atoms with Gasteiger partial charge in [0.05, 0.1) is 0 Å². The fourth-order valence-corrected chi connectivity index (χ4v) is 3.39. The van der Waals surface area contributed by atoms with Gasteiger partial charge in [-0.25, -0.2) is 0 Å². The Labute approximate surface area is 136 Å². The van der Waals surface area contributed by atoms with Crippen LogP contribution >= 0.6 is 11.6 Å². The lowest BCUT2D eigenvalue weighted by Crippen LogP contribution is -2.42. The van der Waals surface area contributed by atoms with Crippen LogP contribution in [0.4, 0.5) is 0 Å². The van der Waals surface area contributed by atoms with Crippen molar-refractivity contribution < 1.29 is 14.3 Å². The smallest absolute Gasteiger partial charge is 0.263 e. The molecule has 120 valence electrons. The molecule has 0 spiro atoms. The molecule has 3 rings (SSSR count). The topological polar surface area (TPSA) is 38.8 Å². The Morgan fingerprint density at radius 3 is 2.45 bits per heavy atom. The van der Waals surface area contributed by atoms with Crippen molar-refractivity contribution in [1.29, 1.82) is 0 Å². The van der Waals surface area contributed by atoms with E-state index in [0.717, 1.165) is 60.9 Å². The van der Waals surface area contributed by atoms with E-state index in [9.17, 15) is 4.79 Å². The van der Waals surface area contributed by atoms with Crippen molar-refractivity contribution >= 4 is 17.5 Å². The minimum Gasteiger partial charge on any atom is -0.481 e. The minimum atomic E-state index is -0.372. The first-order chi connectivity index (χ1) is 10.6. The summed E-state index contributed by atoms with van der Waals surface area (Å²) >= 11 is 6.18. The van der Waals surface area contributed by atoms with Crippen LogP contribution in [0.25, 0.3) is 0 Å². The summed E-state index contributed by atoms with van der Waals surface area (Å²) in [7, 11) is 0. The van der Waals surface area contributed by atoms with Crippen molar-refractivity contribution in [2.75, 3.05) is 19.8 Å². The van der Waals surface area contributed by atoms with E-state index in [-0.39, 0.29) is 12.0 Å². The zero-order valence-corrected chi connectivity index (χ0v) is 13.9. The number of hydrogen-bond donors (Lipinski definition) is 0. The summed E-state index contributed by atoms with van der Waals surface area (Å²) in [4.78, 5) is 14.6. The van der Waals surface area contributed by atoms with Crippen LogP contribution < -0.4 is 4.74 Å². The minimum absolute atomic E-state index is 0.108. The van der Waals surface area contributed by atoms with Gasteiger partial charge >= 0.3 is 0 Å². The van der Waals surface area contributed by atoms with Crippen molar-refractivity contribution in [1.82, 2.24) is 4.90 Å². The second kappa shape index (κ2) is 6.47. The molecule has 0 aromatic heterocycles. The van der Waals surface area contributed by atoms with Crippen molar-refractivity contribution in [3.05, 3.63) is 28.3 Å². The maximum Gasteiger partial charge on any atom is 0.263 e. The largest absolute Gasteiger partial charge is 0.481 e. The molecule has 1 aromatic rings. The molecule has 2 heterocycles. The van der Waals surface area contributed by atoms with Gasteiger partial charge < -0.3 is 14.4 Å². The highest BCUT2D eigenvalue weighted by Gasteiger charge is 2.37. The second-order valence-electron chi connectivity index (χ2n) is 6.14. The quantitative estimate of drug-likeness (QED) is 0.858. The zero-order chi connectivity index (χ0) is 15.7. The van der Waals surface area contributed by atoms with E-state index in [4.69, 9.17) is 21.1 Å². The fourth-order valence-electron chi connectivity index (χ4n) is 3.28. The number of ether oxygens (including phenoxy) is 2. The van der Waals surface area contributed by atoms with E-state index in [2.05, 4.69) is 0 Å². The van der Waals surface area contributed by atoms with Gasteiger partial charge in [0.1, 0.15) is 5.75 Å². The normalized spacial score (nSPS) is 23.1. The monoisotopic (exact) mass is 323 g/mol. The number of likely N-dealkylation sites (tertiary alicyclic amines) is 1. The number of halogens is 1. The van der Waals surface area contributed by atoms with Crippen LogP contribution in [-0.2, 0) is 9.53 Å². The highest BCUT2D eigenvalue weighted by molar-refractivity contribution is 6.32. The van der Waals surface area contributed by atoms with Crippen LogP contribution in [-0.4, -0.2) is 42.7 Å². The number of rotatable bonds is 3. The number of aryl methyl sites for hydroxylation is 2. The van der Waals surface area contributed by atoms with Crippen LogP contribution in [0.5, 0.6) is 5.75 Å². The third-order valence-electron chi connectivity index (χ3n) is 4.51. The Morgan fingerprint density at radius 2 is 1.82 bits per heavy atom. The lowest BCUT2D eigenvalue weighted by Gasteiger charge is -2.31. The van der Waals surface area contributed by atoms with Crippen molar-refractivity contribution in [3.8, 4) is 5.75 Å². The molecule has 2 fully saturated rings. The van der Waals surface area contributed by atoms with Crippen LogP contribution in [0.3, 0.4) is 0 Å². The molecule has 2 aliphatic heterocycles. The van der Waals surface area contributed by atoms with Crippen LogP contribution in [0.2, 0.25) is 5.02 Å². The molecule has 0 saturated carbocycles. The van der Waals surface area contributed by atoms with E-state index >= 15 is 0 Å². The van der Waals surface area contributed by atoms with Gasteiger partial charge in [-0.05, 0) is 49.9 Å². The van der Waals surface area contributed by atoms with Crippen molar-refractivity contribution in [2.24, 2.45) is 0 Å². The van der Waals surface area contributed by atoms with E-state index in [1.54, 1.807) is 0 Å². The number of amides is 1. The van der Waals surface area contributed by atoms with Crippen LogP contribution in [0.15, 0.2) is 12.1 Å². The Bertz CT molecular complexity index is 546. The molecule has 4 nitrogen and oxygen atoms in total. The summed E-state index contributed by atoms with van der Waals surface area (Å²) in [5.41, 5.74) is 1.95. The van der Waals surface area contributed by atoms with E-state index in [1.807, 2.05) is 30.9 Å². The molecule has 5 heteroatoms. The Hall–Kier alpha value is -1.26. The summed E-state index contributed by atoms with van der Waals surface area (Å²) in [6.45, 7) is 6.17. The van der Waals surface area contributed by atoms with E-state index in [1.165, 1.54) is 0 Å². The number of carbonyl (C=O) groups is 1. The Kier molecular flexibility index (Phi) is 4.59. The Balaban J connectivity index is 1.68. The highest BCUT2D eigenvalue weighted by Crippen LogP contribution is 2.29. The molecule has 0 radical (unpaired) electrons. The van der Waals surface area contributed by atoms with Gasteiger partial charge in [0.15, 0.2) is 6.10 Å². The number of hydrogen-bond acceptors (Lipinski definition) is 3.